The zero-order valence-corrected chi connectivity index (χ0v) is 12.4. The number of nitrogens with zero attached hydrogens (tertiary/aromatic N) is 2. The fourth-order valence-corrected chi connectivity index (χ4v) is 2.61. The predicted octanol–water partition coefficient (Wildman–Crippen LogP) is 2.13. The van der Waals surface area contributed by atoms with Gasteiger partial charge in [0.1, 0.15) is 12.6 Å². The third kappa shape index (κ3) is 3.19. The Balaban J connectivity index is 1.62. The lowest BCUT2D eigenvalue weighted by Gasteiger charge is -2.24. The minimum absolute atomic E-state index is 0.158. The van der Waals surface area contributed by atoms with E-state index in [0.717, 1.165) is 24.0 Å². The summed E-state index contributed by atoms with van der Waals surface area (Å²) >= 11 is 0. The number of carbonyl (C=O) groups is 1. The number of urea groups is 1. The van der Waals surface area contributed by atoms with Gasteiger partial charge in [-0.05, 0) is 36.0 Å². The molecule has 1 aliphatic carbocycles. The highest BCUT2D eigenvalue weighted by atomic mass is 19.3. The number of aromatic nitrogens is 1. The molecule has 1 saturated heterocycles. The van der Waals surface area contributed by atoms with Crippen LogP contribution in [0.2, 0.25) is 0 Å². The van der Waals surface area contributed by atoms with E-state index in [0.29, 0.717) is 12.5 Å². The summed E-state index contributed by atoms with van der Waals surface area (Å²) < 4.78 is 31.7. The average Bonchev–Trinajstić information content (AvgIpc) is 3.26. The van der Waals surface area contributed by atoms with Crippen molar-refractivity contribution >= 4 is 6.03 Å². The SMILES string of the molecule is CN(Cc1ccncc1C1CC1)C(=O)NC1COCC1(F)F. The first kappa shape index (κ1) is 15.1. The lowest BCUT2D eigenvalue weighted by molar-refractivity contribution is -0.0222. The Bertz CT molecular complexity index is 563. The van der Waals surface area contributed by atoms with E-state index >= 15 is 0 Å². The van der Waals surface area contributed by atoms with E-state index in [4.69, 9.17) is 4.74 Å². The van der Waals surface area contributed by atoms with Gasteiger partial charge in [0.15, 0.2) is 0 Å². The minimum Gasteiger partial charge on any atom is -0.373 e. The largest absolute Gasteiger partial charge is 0.373 e. The Labute approximate surface area is 127 Å². The molecule has 2 fully saturated rings. The Morgan fingerprint density at radius 3 is 2.95 bits per heavy atom. The Morgan fingerprint density at radius 2 is 2.32 bits per heavy atom. The molecule has 3 rings (SSSR count). The van der Waals surface area contributed by atoms with Gasteiger partial charge in [0.05, 0.1) is 6.61 Å². The van der Waals surface area contributed by atoms with Gasteiger partial charge in [-0.3, -0.25) is 4.98 Å². The van der Waals surface area contributed by atoms with E-state index in [1.807, 2.05) is 12.3 Å². The van der Waals surface area contributed by atoms with Gasteiger partial charge in [0.25, 0.3) is 5.92 Å². The highest BCUT2D eigenvalue weighted by molar-refractivity contribution is 5.74. The first-order chi connectivity index (χ1) is 10.5. The molecule has 0 bridgehead atoms. The summed E-state index contributed by atoms with van der Waals surface area (Å²) in [4.78, 5) is 17.6. The molecule has 1 saturated carbocycles. The van der Waals surface area contributed by atoms with Crippen LogP contribution in [0, 0.1) is 0 Å². The van der Waals surface area contributed by atoms with Gasteiger partial charge in [-0.1, -0.05) is 0 Å². The molecule has 2 aliphatic rings. The minimum atomic E-state index is -3.01. The van der Waals surface area contributed by atoms with Gasteiger partial charge < -0.3 is 15.0 Å². The van der Waals surface area contributed by atoms with Gasteiger partial charge in [-0.2, -0.15) is 0 Å². The zero-order valence-electron chi connectivity index (χ0n) is 12.4. The van der Waals surface area contributed by atoms with Gasteiger partial charge in [0, 0.05) is 26.0 Å². The van der Waals surface area contributed by atoms with Crippen LogP contribution in [0.1, 0.15) is 29.9 Å². The van der Waals surface area contributed by atoms with Crippen LogP contribution in [0.25, 0.3) is 0 Å². The molecule has 1 unspecified atom stereocenters. The third-order valence-corrected chi connectivity index (χ3v) is 4.10. The van der Waals surface area contributed by atoms with Gasteiger partial charge in [0.2, 0.25) is 0 Å². The molecule has 1 N–H and O–H groups in total. The molecule has 1 aromatic heterocycles. The van der Waals surface area contributed by atoms with Crippen LogP contribution in [-0.4, -0.2) is 48.1 Å². The standard InChI is InChI=1S/C15H19F2N3O2/c1-20(14(21)19-13-8-22-9-15(13,16)17)7-11-4-5-18-6-12(11)10-2-3-10/h4-6,10,13H,2-3,7-9H2,1H3,(H,19,21). The normalized spacial score (nSPS) is 23.3. The van der Waals surface area contributed by atoms with Crippen molar-refractivity contribution in [2.24, 2.45) is 0 Å². The number of carbonyl (C=O) groups excluding carboxylic acids is 1. The van der Waals surface area contributed by atoms with Crippen molar-refractivity contribution in [3.8, 4) is 0 Å². The van der Waals surface area contributed by atoms with Crippen molar-refractivity contribution in [1.29, 1.82) is 0 Å². The number of amides is 2. The van der Waals surface area contributed by atoms with Crippen molar-refractivity contribution in [3.05, 3.63) is 29.6 Å². The van der Waals surface area contributed by atoms with Gasteiger partial charge in [-0.15, -0.1) is 0 Å². The molecular weight excluding hydrogens is 292 g/mol. The van der Waals surface area contributed by atoms with Crippen LogP contribution in [-0.2, 0) is 11.3 Å². The van der Waals surface area contributed by atoms with E-state index in [-0.39, 0.29) is 6.61 Å². The smallest absolute Gasteiger partial charge is 0.317 e. The van der Waals surface area contributed by atoms with Crippen molar-refractivity contribution in [1.82, 2.24) is 15.2 Å². The number of pyridine rings is 1. The Morgan fingerprint density at radius 1 is 1.55 bits per heavy atom. The second-order valence-electron chi connectivity index (χ2n) is 5.98. The first-order valence-corrected chi connectivity index (χ1v) is 7.37. The molecule has 5 nitrogen and oxygen atoms in total. The van der Waals surface area contributed by atoms with Crippen LogP contribution in [0.5, 0.6) is 0 Å². The fourth-order valence-electron chi connectivity index (χ4n) is 2.61. The van der Waals surface area contributed by atoms with Crippen molar-refractivity contribution in [3.63, 3.8) is 0 Å². The lowest BCUT2D eigenvalue weighted by atomic mass is 10.1. The third-order valence-electron chi connectivity index (χ3n) is 4.10. The van der Waals surface area contributed by atoms with Crippen LogP contribution < -0.4 is 5.32 Å². The number of hydrogen-bond donors (Lipinski definition) is 1. The summed E-state index contributed by atoms with van der Waals surface area (Å²) in [5.41, 5.74) is 2.17. The monoisotopic (exact) mass is 311 g/mol. The summed E-state index contributed by atoms with van der Waals surface area (Å²) in [6.45, 7) is -0.424. The topological polar surface area (TPSA) is 54.5 Å². The number of halogens is 2. The van der Waals surface area contributed by atoms with Gasteiger partial charge >= 0.3 is 6.03 Å². The van der Waals surface area contributed by atoms with Crippen LogP contribution in [0.15, 0.2) is 18.5 Å². The van der Waals surface area contributed by atoms with Crippen LogP contribution >= 0.6 is 0 Å². The highest BCUT2D eigenvalue weighted by Crippen LogP contribution is 2.41. The van der Waals surface area contributed by atoms with E-state index in [2.05, 4.69) is 10.3 Å². The molecule has 1 aliphatic heterocycles. The summed E-state index contributed by atoms with van der Waals surface area (Å²) in [6, 6.07) is 0.0987. The summed E-state index contributed by atoms with van der Waals surface area (Å²) in [7, 11) is 1.60. The number of hydrogen-bond acceptors (Lipinski definition) is 3. The Kier molecular flexibility index (Phi) is 3.99. The molecule has 1 atom stereocenters. The van der Waals surface area contributed by atoms with E-state index < -0.39 is 24.6 Å². The van der Waals surface area contributed by atoms with E-state index in [9.17, 15) is 13.6 Å². The molecule has 7 heteroatoms. The molecule has 2 heterocycles. The lowest BCUT2D eigenvalue weighted by Crippen LogP contribution is -2.50. The molecule has 2 amide bonds. The number of ether oxygens (including phenoxy) is 1. The number of alkyl halides is 2. The average molecular weight is 311 g/mol. The van der Waals surface area contributed by atoms with E-state index in [1.165, 1.54) is 4.90 Å². The number of nitrogens with one attached hydrogen (secondary N) is 1. The molecule has 0 spiro atoms. The second kappa shape index (κ2) is 5.79. The highest BCUT2D eigenvalue weighted by Gasteiger charge is 2.46. The second-order valence-corrected chi connectivity index (χ2v) is 5.98. The molecule has 22 heavy (non-hydrogen) atoms. The molecule has 0 aromatic carbocycles. The maximum Gasteiger partial charge on any atom is 0.317 e. The maximum atomic E-state index is 13.5. The summed E-state index contributed by atoms with van der Waals surface area (Å²) in [5, 5.41) is 2.35. The molecule has 0 radical (unpaired) electrons. The molecule has 120 valence electrons. The summed E-state index contributed by atoms with van der Waals surface area (Å²) in [5.74, 6) is -2.49. The van der Waals surface area contributed by atoms with E-state index in [1.54, 1.807) is 13.2 Å². The zero-order chi connectivity index (χ0) is 15.7. The maximum absolute atomic E-state index is 13.5. The molecular formula is C15H19F2N3O2. The number of rotatable bonds is 4. The van der Waals surface area contributed by atoms with Crippen molar-refractivity contribution in [2.75, 3.05) is 20.3 Å². The first-order valence-electron chi connectivity index (χ1n) is 7.37. The van der Waals surface area contributed by atoms with Crippen molar-refractivity contribution in [2.45, 2.75) is 37.3 Å². The van der Waals surface area contributed by atoms with Crippen LogP contribution in [0.4, 0.5) is 13.6 Å². The Hall–Kier alpha value is -1.76. The van der Waals surface area contributed by atoms with Crippen molar-refractivity contribution < 1.29 is 18.3 Å². The fraction of sp³-hybridized carbons (Fsp3) is 0.600. The predicted molar refractivity (Wildman–Crippen MR) is 75.8 cm³/mol. The molecule has 1 aromatic rings. The van der Waals surface area contributed by atoms with Crippen LogP contribution in [0.3, 0.4) is 0 Å². The summed E-state index contributed by atoms with van der Waals surface area (Å²) in [6.07, 6.45) is 5.80. The van der Waals surface area contributed by atoms with Gasteiger partial charge in [-0.25, -0.2) is 13.6 Å². The quantitative estimate of drug-likeness (QED) is 0.927.